The number of ether oxygens (including phenoxy) is 2. The van der Waals surface area contributed by atoms with Crippen LogP contribution in [0.25, 0.3) is 5.76 Å². The summed E-state index contributed by atoms with van der Waals surface area (Å²) in [4.78, 5) is 27.2. The molecule has 0 aromatic heterocycles. The molecule has 9 heteroatoms. The lowest BCUT2D eigenvalue weighted by atomic mass is 9.95. The molecule has 2 aromatic rings. The van der Waals surface area contributed by atoms with E-state index < -0.39 is 23.5 Å². The van der Waals surface area contributed by atoms with Gasteiger partial charge in [0.1, 0.15) is 17.3 Å². The van der Waals surface area contributed by atoms with Gasteiger partial charge in [-0.1, -0.05) is 29.3 Å². The maximum Gasteiger partial charge on any atom is 0.295 e. The van der Waals surface area contributed by atoms with Gasteiger partial charge in [0.15, 0.2) is 0 Å². The number of phenols is 1. The van der Waals surface area contributed by atoms with Crippen LogP contribution in [0.3, 0.4) is 0 Å². The van der Waals surface area contributed by atoms with E-state index in [2.05, 4.69) is 0 Å². The van der Waals surface area contributed by atoms with Crippen LogP contribution in [0.15, 0.2) is 42.0 Å². The molecule has 1 aliphatic rings. The van der Waals surface area contributed by atoms with Gasteiger partial charge in [0.05, 0.1) is 28.8 Å². The summed E-state index contributed by atoms with van der Waals surface area (Å²) in [6.07, 6.45) is 0.478. The number of methoxy groups -OCH3 is 2. The molecule has 1 unspecified atom stereocenters. The molecule has 0 aliphatic carbocycles. The summed E-state index contributed by atoms with van der Waals surface area (Å²) >= 11 is 12.3. The SMILES string of the molecule is COCCCN1C(=O)C(=O)/C(=C(/O)c2cc(OC)ccc2Cl)C1c1ccc(O)c(Cl)c1. The minimum Gasteiger partial charge on any atom is -0.507 e. The van der Waals surface area contributed by atoms with Crippen molar-refractivity contribution < 1.29 is 29.3 Å². The smallest absolute Gasteiger partial charge is 0.295 e. The second-order valence-electron chi connectivity index (χ2n) is 6.90. The number of carbonyl (C=O) groups is 2. The third kappa shape index (κ3) is 4.49. The molecule has 7 nitrogen and oxygen atoms in total. The molecule has 0 radical (unpaired) electrons. The summed E-state index contributed by atoms with van der Waals surface area (Å²) in [5.41, 5.74) is 0.491. The Kier molecular flexibility index (Phi) is 7.10. The van der Waals surface area contributed by atoms with Gasteiger partial charge in [0.25, 0.3) is 11.7 Å². The Morgan fingerprint density at radius 1 is 1.10 bits per heavy atom. The summed E-state index contributed by atoms with van der Waals surface area (Å²) < 4.78 is 10.2. The topological polar surface area (TPSA) is 96.3 Å². The van der Waals surface area contributed by atoms with Crippen molar-refractivity contribution in [3.05, 3.63) is 63.1 Å². The molecule has 1 saturated heterocycles. The quantitative estimate of drug-likeness (QED) is 0.275. The van der Waals surface area contributed by atoms with E-state index in [4.69, 9.17) is 32.7 Å². The highest BCUT2D eigenvalue weighted by Gasteiger charge is 2.46. The van der Waals surface area contributed by atoms with E-state index in [1.807, 2.05) is 0 Å². The average molecular weight is 466 g/mol. The van der Waals surface area contributed by atoms with E-state index in [0.717, 1.165) is 0 Å². The first-order valence-electron chi connectivity index (χ1n) is 9.39. The number of nitrogens with zero attached hydrogens (tertiary/aromatic N) is 1. The maximum absolute atomic E-state index is 13.0. The average Bonchev–Trinajstić information content (AvgIpc) is 3.00. The highest BCUT2D eigenvalue weighted by Crippen LogP contribution is 2.42. The zero-order chi connectivity index (χ0) is 22.7. The van der Waals surface area contributed by atoms with E-state index >= 15 is 0 Å². The molecular weight excluding hydrogens is 445 g/mol. The molecule has 3 rings (SSSR count). The molecule has 164 valence electrons. The Hall–Kier alpha value is -2.74. The van der Waals surface area contributed by atoms with Gasteiger partial charge in [-0.05, 0) is 42.3 Å². The van der Waals surface area contributed by atoms with Crippen LogP contribution in [0.1, 0.15) is 23.6 Å². The van der Waals surface area contributed by atoms with Crippen molar-refractivity contribution in [2.75, 3.05) is 27.4 Å². The predicted octanol–water partition coefficient (Wildman–Crippen LogP) is 4.17. The van der Waals surface area contributed by atoms with Crippen LogP contribution in [0.5, 0.6) is 11.5 Å². The van der Waals surface area contributed by atoms with Gasteiger partial charge in [0, 0.05) is 25.8 Å². The number of halogens is 2. The first-order valence-corrected chi connectivity index (χ1v) is 10.2. The molecular formula is C22H21Cl2NO6. The fourth-order valence-electron chi connectivity index (χ4n) is 3.49. The fraction of sp³-hybridized carbons (Fsp3) is 0.273. The molecule has 2 aromatic carbocycles. The van der Waals surface area contributed by atoms with Crippen LogP contribution < -0.4 is 4.74 Å². The molecule has 31 heavy (non-hydrogen) atoms. The lowest BCUT2D eigenvalue weighted by Gasteiger charge is -2.25. The van der Waals surface area contributed by atoms with E-state index in [9.17, 15) is 19.8 Å². The van der Waals surface area contributed by atoms with Crippen molar-refractivity contribution in [3.63, 3.8) is 0 Å². The number of phenolic OH excluding ortho intramolecular Hbond substituents is 1. The van der Waals surface area contributed by atoms with Crippen LogP contribution in [0.4, 0.5) is 0 Å². The number of hydrogen-bond donors (Lipinski definition) is 2. The number of likely N-dealkylation sites (tertiary alicyclic amines) is 1. The molecule has 0 bridgehead atoms. The monoisotopic (exact) mass is 465 g/mol. The van der Waals surface area contributed by atoms with Gasteiger partial charge >= 0.3 is 0 Å². The van der Waals surface area contributed by atoms with Gasteiger partial charge in [-0.2, -0.15) is 0 Å². The van der Waals surface area contributed by atoms with Gasteiger partial charge in [-0.3, -0.25) is 9.59 Å². The normalized spacial score (nSPS) is 17.9. The molecule has 1 atom stereocenters. The summed E-state index contributed by atoms with van der Waals surface area (Å²) in [6.45, 7) is 0.595. The third-order valence-electron chi connectivity index (χ3n) is 5.00. The molecule has 1 amide bonds. The summed E-state index contributed by atoms with van der Waals surface area (Å²) in [7, 11) is 3.00. The second-order valence-corrected chi connectivity index (χ2v) is 7.71. The Bertz CT molecular complexity index is 1050. The molecule has 0 saturated carbocycles. The third-order valence-corrected chi connectivity index (χ3v) is 5.64. The number of aliphatic hydroxyl groups is 1. The number of amides is 1. The number of benzene rings is 2. The molecule has 1 aliphatic heterocycles. The van der Waals surface area contributed by atoms with E-state index in [-0.39, 0.29) is 33.5 Å². The highest BCUT2D eigenvalue weighted by molar-refractivity contribution is 6.47. The summed E-state index contributed by atoms with van der Waals surface area (Å²) in [5, 5.41) is 21.1. The largest absolute Gasteiger partial charge is 0.507 e. The highest BCUT2D eigenvalue weighted by atomic mass is 35.5. The first-order chi connectivity index (χ1) is 14.8. The Morgan fingerprint density at radius 2 is 1.84 bits per heavy atom. The zero-order valence-corrected chi connectivity index (χ0v) is 18.4. The Labute approximate surface area is 189 Å². The van der Waals surface area contributed by atoms with Crippen molar-refractivity contribution in [1.29, 1.82) is 0 Å². The molecule has 1 fully saturated rings. The van der Waals surface area contributed by atoms with E-state index in [1.165, 1.54) is 43.4 Å². The Morgan fingerprint density at radius 3 is 2.48 bits per heavy atom. The number of carbonyl (C=O) groups excluding carboxylic acids is 2. The van der Waals surface area contributed by atoms with E-state index in [0.29, 0.717) is 24.3 Å². The number of rotatable bonds is 7. The van der Waals surface area contributed by atoms with Crippen molar-refractivity contribution >= 4 is 40.7 Å². The summed E-state index contributed by atoms with van der Waals surface area (Å²) in [6, 6.07) is 8.06. The van der Waals surface area contributed by atoms with Crippen LogP contribution in [0, 0.1) is 0 Å². The lowest BCUT2D eigenvalue weighted by molar-refractivity contribution is -0.140. The number of ketones is 1. The fourth-order valence-corrected chi connectivity index (χ4v) is 3.88. The van der Waals surface area contributed by atoms with Gasteiger partial charge in [-0.25, -0.2) is 0 Å². The van der Waals surface area contributed by atoms with Gasteiger partial charge in [0.2, 0.25) is 0 Å². The van der Waals surface area contributed by atoms with Crippen LogP contribution in [-0.2, 0) is 14.3 Å². The van der Waals surface area contributed by atoms with Crippen LogP contribution in [-0.4, -0.2) is 54.2 Å². The van der Waals surface area contributed by atoms with Gasteiger partial charge < -0.3 is 24.6 Å². The molecule has 2 N–H and O–H groups in total. The van der Waals surface area contributed by atoms with Crippen molar-refractivity contribution in [2.45, 2.75) is 12.5 Å². The maximum atomic E-state index is 13.0. The standard InChI is InChI=1S/C22H21Cl2NO6/c1-30-9-3-8-25-19(12-4-7-17(26)16(24)10-12)18(21(28)22(25)29)20(27)14-11-13(31-2)5-6-15(14)23/h4-7,10-11,19,26-27H,3,8-9H2,1-2H3/b20-18+. The Balaban J connectivity index is 2.19. The zero-order valence-electron chi connectivity index (χ0n) is 16.9. The number of aromatic hydroxyl groups is 1. The van der Waals surface area contributed by atoms with Crippen LogP contribution >= 0.6 is 23.2 Å². The summed E-state index contributed by atoms with van der Waals surface area (Å²) in [5.74, 6) is -1.75. The second kappa shape index (κ2) is 9.60. The van der Waals surface area contributed by atoms with E-state index in [1.54, 1.807) is 12.1 Å². The predicted molar refractivity (Wildman–Crippen MR) is 117 cm³/mol. The minimum atomic E-state index is -0.919. The molecule has 0 spiro atoms. The van der Waals surface area contributed by atoms with Crippen molar-refractivity contribution in [2.24, 2.45) is 0 Å². The van der Waals surface area contributed by atoms with Crippen molar-refractivity contribution in [3.8, 4) is 11.5 Å². The first kappa shape index (κ1) is 22.9. The van der Waals surface area contributed by atoms with Gasteiger partial charge in [-0.15, -0.1) is 0 Å². The number of Topliss-reactive ketones (excluding diaryl/α,β-unsaturated/α-hetero) is 1. The minimum absolute atomic E-state index is 0.0550. The number of hydrogen-bond acceptors (Lipinski definition) is 6. The van der Waals surface area contributed by atoms with Crippen LogP contribution in [0.2, 0.25) is 10.0 Å². The van der Waals surface area contributed by atoms with Crippen molar-refractivity contribution in [1.82, 2.24) is 4.90 Å². The number of aliphatic hydroxyl groups excluding tert-OH is 1. The lowest BCUT2D eigenvalue weighted by Crippen LogP contribution is -2.31. The molecule has 1 heterocycles.